The van der Waals surface area contributed by atoms with Crippen molar-refractivity contribution >= 4 is 18.9 Å². The molecule has 0 aromatic heterocycles. The fourth-order valence-electron chi connectivity index (χ4n) is 1.55. The molecule has 0 aromatic rings. The van der Waals surface area contributed by atoms with Crippen LogP contribution >= 0.6 is 0 Å². The van der Waals surface area contributed by atoms with E-state index in [1.165, 1.54) is 0 Å². The highest BCUT2D eigenvalue weighted by atomic mass is 32.2. The highest BCUT2D eigenvalue weighted by molar-refractivity contribution is 7.90. The summed E-state index contributed by atoms with van der Waals surface area (Å²) in [6, 6.07) is 0.978. The molecular weight excluding hydrogens is 216 g/mol. The molecule has 1 N–H and O–H groups in total. The molecule has 0 rings (SSSR count). The summed E-state index contributed by atoms with van der Waals surface area (Å²) in [6.07, 6.45) is 3.48. The first-order chi connectivity index (χ1) is 6.43. The highest BCUT2D eigenvalue weighted by Gasteiger charge is 2.29. The summed E-state index contributed by atoms with van der Waals surface area (Å²) in [4.78, 5) is 0.438. The van der Waals surface area contributed by atoms with Crippen molar-refractivity contribution < 1.29 is 13.0 Å². The summed E-state index contributed by atoms with van der Waals surface area (Å²) in [5.41, 5.74) is 0. The van der Waals surface area contributed by atoms with Crippen molar-refractivity contribution in [3.05, 3.63) is 4.87 Å². The van der Waals surface area contributed by atoms with Crippen LogP contribution in [0.4, 0.5) is 0 Å². The maximum Gasteiger partial charge on any atom is 0.268 e. The molecule has 1 radical (unpaired) electrons. The zero-order valence-corrected chi connectivity index (χ0v) is 11.3. The van der Waals surface area contributed by atoms with Gasteiger partial charge >= 0.3 is 0 Å². The molecular formula is C9H21O3SSi. The van der Waals surface area contributed by atoms with Gasteiger partial charge in [0.25, 0.3) is 10.1 Å². The van der Waals surface area contributed by atoms with Gasteiger partial charge in [-0.1, -0.05) is 45.7 Å². The van der Waals surface area contributed by atoms with Gasteiger partial charge in [-0.25, -0.2) is 0 Å². The van der Waals surface area contributed by atoms with Gasteiger partial charge < -0.3 is 0 Å². The molecule has 1 unspecified atom stereocenters. The van der Waals surface area contributed by atoms with E-state index in [2.05, 4.69) is 6.92 Å². The Morgan fingerprint density at radius 1 is 1.29 bits per heavy atom. The zero-order chi connectivity index (χ0) is 11.2. The number of rotatable bonds is 7. The molecule has 85 valence electrons. The second-order valence-corrected chi connectivity index (χ2v) is 8.70. The van der Waals surface area contributed by atoms with Crippen molar-refractivity contribution in [2.45, 2.75) is 52.1 Å². The van der Waals surface area contributed by atoms with E-state index in [0.29, 0.717) is 11.3 Å². The predicted octanol–water partition coefficient (Wildman–Crippen LogP) is 2.40. The Morgan fingerprint density at radius 2 is 1.86 bits per heavy atom. The molecule has 0 saturated carbocycles. The molecule has 5 heteroatoms. The third-order valence-corrected chi connectivity index (χ3v) is 8.00. The van der Waals surface area contributed by atoms with Crippen molar-refractivity contribution in [3.8, 4) is 0 Å². The predicted molar refractivity (Wildman–Crippen MR) is 62.4 cm³/mol. The van der Waals surface area contributed by atoms with Crippen LogP contribution in [0.1, 0.15) is 39.5 Å². The van der Waals surface area contributed by atoms with E-state index in [1.807, 2.05) is 13.5 Å². The molecule has 0 bridgehead atoms. The fourth-order valence-corrected chi connectivity index (χ4v) is 6.52. The highest BCUT2D eigenvalue weighted by Crippen LogP contribution is 2.23. The van der Waals surface area contributed by atoms with Gasteiger partial charge in [-0.05, 0) is 6.42 Å². The normalized spacial score (nSPS) is 14.6. The van der Waals surface area contributed by atoms with Crippen molar-refractivity contribution in [1.82, 2.24) is 0 Å². The summed E-state index contributed by atoms with van der Waals surface area (Å²) >= 11 is 0. The lowest BCUT2D eigenvalue weighted by molar-refractivity contribution is 0.485. The van der Waals surface area contributed by atoms with Gasteiger partial charge in [0.05, 0.1) is 8.80 Å². The maximum atomic E-state index is 11.1. The molecule has 0 aromatic carbocycles. The molecule has 0 fully saturated rings. The van der Waals surface area contributed by atoms with Crippen LogP contribution in [0.2, 0.25) is 12.6 Å². The minimum atomic E-state index is -3.88. The van der Waals surface area contributed by atoms with E-state index in [9.17, 15) is 8.42 Å². The van der Waals surface area contributed by atoms with Crippen molar-refractivity contribution in [3.63, 3.8) is 0 Å². The summed E-state index contributed by atoms with van der Waals surface area (Å²) in [7, 11) is -5.28. The van der Waals surface area contributed by atoms with Crippen molar-refractivity contribution in [1.29, 1.82) is 0 Å². The summed E-state index contributed by atoms with van der Waals surface area (Å²) in [5, 5.41) is 0. The smallest absolute Gasteiger partial charge is 0.268 e. The Labute approximate surface area is 89.3 Å². The van der Waals surface area contributed by atoms with Gasteiger partial charge in [0.15, 0.2) is 0 Å². The van der Waals surface area contributed by atoms with Crippen molar-refractivity contribution in [2.24, 2.45) is 0 Å². The molecule has 0 amide bonds. The molecule has 0 saturated heterocycles. The lowest BCUT2D eigenvalue weighted by Gasteiger charge is -2.18. The molecule has 0 aliphatic carbocycles. The first-order valence-electron chi connectivity index (χ1n) is 5.26. The lowest BCUT2D eigenvalue weighted by Crippen LogP contribution is -2.27. The molecule has 0 aliphatic rings. The Balaban J connectivity index is 4.34. The van der Waals surface area contributed by atoms with Crippen LogP contribution in [0.5, 0.6) is 0 Å². The first-order valence-corrected chi connectivity index (χ1v) is 9.25. The maximum absolute atomic E-state index is 11.1. The second-order valence-electron chi connectivity index (χ2n) is 3.73. The molecule has 0 spiro atoms. The van der Waals surface area contributed by atoms with Crippen LogP contribution < -0.4 is 0 Å². The fraction of sp³-hybridized carbons (Fsp3) is 0.889. The molecule has 14 heavy (non-hydrogen) atoms. The Hall–Kier alpha value is 0.127. The van der Waals surface area contributed by atoms with Crippen LogP contribution in [-0.4, -0.2) is 21.8 Å². The monoisotopic (exact) mass is 237 g/mol. The summed E-state index contributed by atoms with van der Waals surface area (Å²) in [5.74, 6) is 0. The van der Waals surface area contributed by atoms with Crippen LogP contribution in [0.25, 0.3) is 0 Å². The molecule has 0 heterocycles. The second kappa shape index (κ2) is 6.58. The average Bonchev–Trinajstić information content (AvgIpc) is 2.08. The molecule has 3 nitrogen and oxygen atoms in total. The number of hydrogen-bond acceptors (Lipinski definition) is 2. The van der Waals surface area contributed by atoms with Gasteiger partial charge in [-0.2, -0.15) is 8.42 Å². The summed E-state index contributed by atoms with van der Waals surface area (Å²) in [6.45, 7) is 6.04. The minimum absolute atomic E-state index is 0.438. The van der Waals surface area contributed by atoms with Gasteiger partial charge in [0.2, 0.25) is 0 Å². The Kier molecular flexibility index (Phi) is 6.64. The minimum Gasteiger partial charge on any atom is -0.285 e. The Morgan fingerprint density at radius 3 is 2.21 bits per heavy atom. The van der Waals surface area contributed by atoms with Crippen LogP contribution in [-0.2, 0) is 10.1 Å². The largest absolute Gasteiger partial charge is 0.285 e. The third kappa shape index (κ3) is 5.12. The van der Waals surface area contributed by atoms with Crippen LogP contribution in [0.15, 0.2) is 0 Å². The van der Waals surface area contributed by atoms with E-state index in [-0.39, 0.29) is 0 Å². The first kappa shape index (κ1) is 14.1. The van der Waals surface area contributed by atoms with Gasteiger partial charge in [0, 0.05) is 0 Å². The third-order valence-electron chi connectivity index (χ3n) is 2.37. The van der Waals surface area contributed by atoms with Crippen LogP contribution in [0, 0.1) is 4.87 Å². The number of hydrogen-bond donors (Lipinski definition) is 1. The van der Waals surface area contributed by atoms with E-state index in [1.54, 1.807) is 0 Å². The van der Waals surface area contributed by atoms with E-state index >= 15 is 0 Å². The van der Waals surface area contributed by atoms with Gasteiger partial charge in [-0.15, -0.1) is 0 Å². The molecule has 0 aliphatic heterocycles. The van der Waals surface area contributed by atoms with Crippen LogP contribution in [0.3, 0.4) is 0 Å². The number of unbranched alkanes of at least 4 members (excludes halogenated alkanes) is 1. The topological polar surface area (TPSA) is 54.4 Å². The van der Waals surface area contributed by atoms with E-state index in [4.69, 9.17) is 4.55 Å². The van der Waals surface area contributed by atoms with E-state index < -0.39 is 18.9 Å². The van der Waals surface area contributed by atoms with Gasteiger partial charge in [0.1, 0.15) is 4.87 Å². The summed E-state index contributed by atoms with van der Waals surface area (Å²) < 4.78 is 31.2. The quantitative estimate of drug-likeness (QED) is 0.546. The molecule has 1 atom stereocenters. The zero-order valence-electron chi connectivity index (χ0n) is 9.28. The van der Waals surface area contributed by atoms with E-state index in [0.717, 1.165) is 25.3 Å². The standard InChI is InChI=1S/C9H21O3SSi/c1-4-6-8-14(3)9(7-5-2)13(10,11)12/h14H,4-8H2,1-3H3,(H,10,11,12). The SMILES string of the molecule is CCCC[SiH](C)[C](CCC)S(=O)(=O)O. The van der Waals surface area contributed by atoms with Crippen molar-refractivity contribution in [2.75, 3.05) is 0 Å². The Bertz CT molecular complexity index is 238. The lowest BCUT2D eigenvalue weighted by atomic mass is 10.4. The van der Waals surface area contributed by atoms with Gasteiger partial charge in [-0.3, -0.25) is 4.55 Å². The average molecular weight is 237 g/mol.